The van der Waals surface area contributed by atoms with Crippen molar-refractivity contribution in [3.05, 3.63) is 0 Å². The Balaban J connectivity index is -0.00000000500. The van der Waals surface area contributed by atoms with E-state index in [1.807, 2.05) is 0 Å². The molecule has 0 saturated heterocycles. The van der Waals surface area contributed by atoms with Gasteiger partial charge in [-0.25, -0.2) is 0 Å². The molecule has 0 atom stereocenters. The van der Waals surface area contributed by atoms with E-state index in [9.17, 15) is 0 Å². The van der Waals surface area contributed by atoms with Gasteiger partial charge in [0.15, 0.2) is 0 Å². The molecule has 0 aromatic heterocycles. The second kappa shape index (κ2) is 20.5. The summed E-state index contributed by atoms with van der Waals surface area (Å²) in [4.78, 5) is 0. The van der Waals surface area contributed by atoms with Crippen LogP contribution in [0, 0.1) is 0 Å². The minimum atomic E-state index is 0. The van der Waals surface area contributed by atoms with Crippen LogP contribution in [0.4, 0.5) is 0 Å². The predicted molar refractivity (Wildman–Crippen MR) is 6.44 cm³/mol. The van der Waals surface area contributed by atoms with E-state index in [1.165, 1.54) is 0 Å². The van der Waals surface area contributed by atoms with E-state index < -0.39 is 0 Å². The molecule has 0 aromatic rings. The predicted octanol–water partition coefficient (Wildman–Crippen LogP) is -0.505. The zero-order chi connectivity index (χ0) is 2.00. The van der Waals surface area contributed by atoms with E-state index in [0.717, 1.165) is 0 Å². The van der Waals surface area contributed by atoms with Crippen LogP contribution in [-0.4, -0.2) is 23.0 Å². The average Bonchev–Trinajstić information content (AvgIpc) is 1.00. The summed E-state index contributed by atoms with van der Waals surface area (Å²) in [5.74, 6) is 0. The van der Waals surface area contributed by atoms with Crippen LogP contribution in [0.2, 0.25) is 0 Å². The molecular formula is OSbTiV. The van der Waals surface area contributed by atoms with Gasteiger partial charge in [-0.15, -0.1) is 0 Å². The maximum Gasteiger partial charge on any atom is 0 e. The molecule has 0 rings (SSSR count). The van der Waals surface area contributed by atoms with Gasteiger partial charge in [0.05, 0.1) is 0 Å². The van der Waals surface area contributed by atoms with Crippen molar-refractivity contribution < 1.29 is 43.3 Å². The summed E-state index contributed by atoms with van der Waals surface area (Å²) in [6.45, 7) is 0. The van der Waals surface area contributed by atoms with Crippen LogP contribution in [0.15, 0.2) is 0 Å². The minimum Gasteiger partial charge on any atom is 0 e. The first-order valence-corrected chi connectivity index (χ1v) is 1.22. The van der Waals surface area contributed by atoms with E-state index in [-0.39, 0.29) is 40.3 Å². The Bertz CT molecular complexity index is 8.00. The molecule has 20 valence electrons. The van der Waals surface area contributed by atoms with Gasteiger partial charge in [-0.05, 0) is 0 Å². The van der Waals surface area contributed by atoms with E-state index in [2.05, 4.69) is 0 Å². The Morgan fingerprint density at radius 3 is 1.25 bits per heavy atom. The van der Waals surface area contributed by atoms with Crippen LogP contribution in [-0.2, 0) is 43.3 Å². The normalized spacial score (nSPS) is 1.00. The number of hydrogen-bond donors (Lipinski definition) is 0. The van der Waals surface area contributed by atoms with Crippen molar-refractivity contribution in [3.8, 4) is 0 Å². The molecule has 4 heteroatoms. The monoisotopic (exact) mass is 236 g/mol. The van der Waals surface area contributed by atoms with Crippen molar-refractivity contribution in [2.45, 2.75) is 0 Å². The van der Waals surface area contributed by atoms with Crippen LogP contribution in [0.5, 0.6) is 0 Å². The summed E-state index contributed by atoms with van der Waals surface area (Å²) in [5, 5.41) is 0. The van der Waals surface area contributed by atoms with E-state index in [1.54, 1.807) is 0 Å². The summed E-state index contributed by atoms with van der Waals surface area (Å²) in [5.41, 5.74) is 0. The van der Waals surface area contributed by atoms with Crippen molar-refractivity contribution in [3.63, 3.8) is 0 Å². The van der Waals surface area contributed by atoms with Crippen LogP contribution < -0.4 is 0 Å². The fourth-order valence-electron chi connectivity index (χ4n) is 0. The molecule has 0 saturated carbocycles. The Morgan fingerprint density at radius 1 is 1.25 bits per heavy atom. The van der Waals surface area contributed by atoms with E-state index in [4.69, 9.17) is 3.02 Å². The van der Waals surface area contributed by atoms with Crippen LogP contribution >= 0.6 is 0 Å². The molecule has 0 fully saturated rings. The summed E-state index contributed by atoms with van der Waals surface area (Å²) >= 11 is 0.500. The molecule has 0 N–H and O–H groups in total. The van der Waals surface area contributed by atoms with Crippen molar-refractivity contribution >= 4 is 23.0 Å². The molecule has 1 nitrogen and oxygen atoms in total. The van der Waals surface area contributed by atoms with Crippen LogP contribution in [0.3, 0.4) is 0 Å². The molecule has 0 aliphatic carbocycles. The second-order valence-electron chi connectivity index (χ2n) is 0. The van der Waals surface area contributed by atoms with Gasteiger partial charge < -0.3 is 0 Å². The molecule has 2 radical (unpaired) electrons. The fraction of sp³-hybridized carbons (Fsp3) is 0. The quantitative estimate of drug-likeness (QED) is 0.518. The van der Waals surface area contributed by atoms with Gasteiger partial charge >= 0.3 is 26.0 Å². The smallest absolute Gasteiger partial charge is 0 e. The SMILES string of the molecule is [O]=[Sb].[Ti].[V]. The molecule has 0 aliphatic heterocycles. The first kappa shape index (κ1) is 16.8. The summed E-state index contributed by atoms with van der Waals surface area (Å²) < 4.78 is 8.30. The Kier molecular flexibility index (Phi) is 86.3. The molecule has 0 unspecified atom stereocenters. The number of rotatable bonds is 0. The van der Waals surface area contributed by atoms with Crippen molar-refractivity contribution in [1.29, 1.82) is 0 Å². The Labute approximate surface area is 65.6 Å². The Hall–Kier alpha value is 1.92. The van der Waals surface area contributed by atoms with E-state index >= 15 is 0 Å². The van der Waals surface area contributed by atoms with E-state index in [0.29, 0.717) is 23.0 Å². The van der Waals surface area contributed by atoms with Gasteiger partial charge in [0.2, 0.25) is 0 Å². The van der Waals surface area contributed by atoms with Crippen LogP contribution in [0.1, 0.15) is 0 Å². The Morgan fingerprint density at radius 2 is 1.25 bits per heavy atom. The molecule has 0 heterocycles. The molecule has 0 aromatic carbocycles. The maximum absolute atomic E-state index is 8.30. The molecule has 0 aliphatic rings. The molecule has 0 amide bonds. The average molecular weight is 237 g/mol. The van der Waals surface area contributed by atoms with Gasteiger partial charge in [0.25, 0.3) is 0 Å². The molecular weight excluding hydrogens is 237 g/mol. The molecule has 4 heavy (non-hydrogen) atoms. The number of hydrogen-bond acceptors (Lipinski definition) is 1. The van der Waals surface area contributed by atoms with Gasteiger partial charge in [0, 0.05) is 40.3 Å². The zero-order valence-electron chi connectivity index (χ0n) is 1.80. The summed E-state index contributed by atoms with van der Waals surface area (Å²) in [6.07, 6.45) is 0. The first-order valence-electron chi connectivity index (χ1n) is 0.183. The third kappa shape index (κ3) is 9.07. The minimum absolute atomic E-state index is 0. The third-order valence-corrected chi connectivity index (χ3v) is 0. The largest absolute Gasteiger partial charge is 0 e. The summed E-state index contributed by atoms with van der Waals surface area (Å²) in [6, 6.07) is 0. The zero-order valence-corrected chi connectivity index (χ0v) is 7.31. The van der Waals surface area contributed by atoms with Gasteiger partial charge in [-0.1, -0.05) is 0 Å². The molecule has 0 spiro atoms. The van der Waals surface area contributed by atoms with Gasteiger partial charge in [0.1, 0.15) is 0 Å². The topological polar surface area (TPSA) is 17.1 Å². The van der Waals surface area contributed by atoms with Crippen molar-refractivity contribution in [1.82, 2.24) is 0 Å². The maximum atomic E-state index is 8.30. The van der Waals surface area contributed by atoms with Crippen LogP contribution in [0.25, 0.3) is 0 Å². The van der Waals surface area contributed by atoms with Crippen molar-refractivity contribution in [2.24, 2.45) is 0 Å². The van der Waals surface area contributed by atoms with Gasteiger partial charge in [-0.3, -0.25) is 0 Å². The third-order valence-electron chi connectivity index (χ3n) is 0. The first-order chi connectivity index (χ1) is 1.00. The van der Waals surface area contributed by atoms with Crippen molar-refractivity contribution in [2.75, 3.05) is 0 Å². The fourth-order valence-corrected chi connectivity index (χ4v) is 0. The standard InChI is InChI=1S/O.Sb.Ti.V. The second-order valence-corrected chi connectivity index (χ2v) is 0. The van der Waals surface area contributed by atoms with Gasteiger partial charge in [-0.2, -0.15) is 0 Å². The summed E-state index contributed by atoms with van der Waals surface area (Å²) in [7, 11) is 0. The molecule has 0 bridgehead atoms.